The number of hydrogen-bond acceptors (Lipinski definition) is 4. The lowest BCUT2D eigenvalue weighted by molar-refractivity contribution is -0.152. The quantitative estimate of drug-likeness (QED) is 0.587. The molecule has 1 aliphatic carbocycles. The lowest BCUT2D eigenvalue weighted by atomic mass is 9.59. The fourth-order valence-corrected chi connectivity index (χ4v) is 4.84. The third-order valence-electron chi connectivity index (χ3n) is 6.40. The van der Waals surface area contributed by atoms with E-state index in [0.717, 1.165) is 36.7 Å². The highest BCUT2D eigenvalue weighted by Crippen LogP contribution is 2.55. The van der Waals surface area contributed by atoms with Gasteiger partial charge in [0, 0.05) is 17.5 Å². The van der Waals surface area contributed by atoms with Crippen molar-refractivity contribution in [2.75, 3.05) is 11.9 Å². The molecule has 152 valence electrons. The Balaban J connectivity index is 1.42. The zero-order valence-electron chi connectivity index (χ0n) is 16.2. The Morgan fingerprint density at radius 1 is 1.30 bits per heavy atom. The maximum Gasteiger partial charge on any atom is 0.246 e. The van der Waals surface area contributed by atoms with Crippen LogP contribution in [0.1, 0.15) is 30.7 Å². The van der Waals surface area contributed by atoms with Crippen LogP contribution in [-0.4, -0.2) is 32.9 Å². The number of nitrogens with zero attached hydrogens (tertiary/aromatic N) is 3. The molecule has 2 fully saturated rings. The number of halogens is 2. The Hall–Kier alpha value is -2.99. The van der Waals surface area contributed by atoms with E-state index in [2.05, 4.69) is 34.0 Å². The Morgan fingerprint density at radius 3 is 2.87 bits per heavy atom. The topological polar surface area (TPSA) is 58.1 Å². The number of benzene rings is 2. The number of likely N-dealkylation sites (tertiary alicyclic amines) is 1. The summed E-state index contributed by atoms with van der Waals surface area (Å²) in [6.45, 7) is 4.42. The molecular formula is C23H20ClFN4O. The zero-order chi connectivity index (χ0) is 20.9. The number of carbonyl (C=O) groups excluding carboxylic acids is 1. The molecule has 1 amide bonds. The van der Waals surface area contributed by atoms with Gasteiger partial charge in [-0.25, -0.2) is 14.4 Å². The molecule has 1 spiro atoms. The van der Waals surface area contributed by atoms with E-state index < -0.39 is 5.82 Å². The molecule has 3 aromatic rings. The maximum absolute atomic E-state index is 14.3. The summed E-state index contributed by atoms with van der Waals surface area (Å²) >= 11 is 5.90. The fourth-order valence-electron chi connectivity index (χ4n) is 4.67. The largest absolute Gasteiger partial charge is 0.337 e. The Morgan fingerprint density at radius 2 is 2.13 bits per heavy atom. The van der Waals surface area contributed by atoms with Gasteiger partial charge in [-0.3, -0.25) is 4.79 Å². The summed E-state index contributed by atoms with van der Waals surface area (Å²) in [7, 11) is 0. The molecule has 1 aliphatic heterocycles. The molecule has 0 radical (unpaired) electrons. The van der Waals surface area contributed by atoms with Gasteiger partial charge in [-0.05, 0) is 61.1 Å². The Kier molecular flexibility index (Phi) is 4.47. The summed E-state index contributed by atoms with van der Waals surface area (Å²) in [6.07, 6.45) is 5.78. The monoisotopic (exact) mass is 422 g/mol. The number of carbonyl (C=O) groups is 1. The molecule has 5 nitrogen and oxygen atoms in total. The smallest absolute Gasteiger partial charge is 0.246 e. The van der Waals surface area contributed by atoms with E-state index in [1.165, 1.54) is 24.0 Å². The van der Waals surface area contributed by atoms with Crippen LogP contribution in [0.25, 0.3) is 10.9 Å². The van der Waals surface area contributed by atoms with Crippen molar-refractivity contribution in [3.8, 4) is 0 Å². The van der Waals surface area contributed by atoms with Gasteiger partial charge in [-0.2, -0.15) is 0 Å². The fraction of sp³-hybridized carbons (Fsp3) is 0.261. The van der Waals surface area contributed by atoms with Crippen molar-refractivity contribution >= 4 is 39.9 Å². The predicted octanol–water partition coefficient (Wildman–Crippen LogP) is 5.20. The standard InChI is InChI=1S/C23H20ClFN4O/c1-2-20(30)29-9-8-23(29)11-15(12-23)14-6-7-18-16(10-14)22(27-13-26-18)28-19-5-3-4-17(24)21(19)25/h2-7,10,13,15H,1,8-9,11-12H2,(H,26,27,28). The van der Waals surface area contributed by atoms with Crippen LogP contribution in [0.3, 0.4) is 0 Å². The average molecular weight is 423 g/mol. The number of nitrogens with one attached hydrogen (secondary N) is 1. The molecule has 30 heavy (non-hydrogen) atoms. The van der Waals surface area contributed by atoms with Gasteiger partial charge in [0.1, 0.15) is 12.1 Å². The van der Waals surface area contributed by atoms with Crippen LogP contribution >= 0.6 is 11.6 Å². The summed E-state index contributed by atoms with van der Waals surface area (Å²) < 4.78 is 14.3. The molecule has 2 aromatic carbocycles. The molecule has 1 saturated carbocycles. The predicted molar refractivity (Wildman–Crippen MR) is 115 cm³/mol. The second-order valence-corrected chi connectivity index (χ2v) is 8.41. The minimum Gasteiger partial charge on any atom is -0.337 e. The van der Waals surface area contributed by atoms with Crippen LogP contribution in [0.5, 0.6) is 0 Å². The first-order valence-electron chi connectivity index (χ1n) is 9.90. The second kappa shape index (κ2) is 7.06. The summed E-state index contributed by atoms with van der Waals surface area (Å²) in [6, 6.07) is 10.9. The number of hydrogen-bond donors (Lipinski definition) is 1. The molecule has 2 heterocycles. The second-order valence-electron chi connectivity index (χ2n) is 8.00. The Bertz CT molecular complexity index is 1180. The molecule has 0 unspecified atom stereocenters. The van der Waals surface area contributed by atoms with E-state index in [-0.39, 0.29) is 22.2 Å². The molecule has 5 rings (SSSR count). The first-order valence-corrected chi connectivity index (χ1v) is 10.3. The summed E-state index contributed by atoms with van der Waals surface area (Å²) in [5, 5.41) is 3.93. The van der Waals surface area contributed by atoms with Gasteiger partial charge in [0.25, 0.3) is 0 Å². The highest BCUT2D eigenvalue weighted by molar-refractivity contribution is 6.31. The molecule has 2 aliphatic rings. The van der Waals surface area contributed by atoms with E-state index in [0.29, 0.717) is 11.7 Å². The van der Waals surface area contributed by atoms with Crippen molar-refractivity contribution in [3.63, 3.8) is 0 Å². The van der Waals surface area contributed by atoms with Gasteiger partial charge in [-0.1, -0.05) is 30.3 Å². The SMILES string of the molecule is C=CC(=O)N1CCC12CC(c1ccc3ncnc(Nc4cccc(Cl)c4F)c3c1)C2. The Labute approximate surface area is 178 Å². The van der Waals surface area contributed by atoms with E-state index in [9.17, 15) is 9.18 Å². The van der Waals surface area contributed by atoms with E-state index >= 15 is 0 Å². The number of amides is 1. The van der Waals surface area contributed by atoms with Crippen LogP contribution in [0.4, 0.5) is 15.9 Å². The van der Waals surface area contributed by atoms with Crippen molar-refractivity contribution in [3.05, 3.63) is 71.8 Å². The van der Waals surface area contributed by atoms with Crippen molar-refractivity contribution in [1.82, 2.24) is 14.9 Å². The summed E-state index contributed by atoms with van der Waals surface area (Å²) in [5.41, 5.74) is 2.21. The highest BCUT2D eigenvalue weighted by atomic mass is 35.5. The molecule has 0 atom stereocenters. The first-order chi connectivity index (χ1) is 14.5. The van der Waals surface area contributed by atoms with E-state index in [4.69, 9.17) is 11.6 Å². The third kappa shape index (κ3) is 2.94. The minimum absolute atomic E-state index is 0.0108. The van der Waals surface area contributed by atoms with Gasteiger partial charge in [-0.15, -0.1) is 0 Å². The number of fused-ring (bicyclic) bond motifs is 1. The first kappa shape index (κ1) is 19.0. The van der Waals surface area contributed by atoms with Crippen LogP contribution in [0.2, 0.25) is 5.02 Å². The highest BCUT2D eigenvalue weighted by Gasteiger charge is 2.55. The number of aromatic nitrogens is 2. The lowest BCUT2D eigenvalue weighted by Gasteiger charge is -2.61. The van der Waals surface area contributed by atoms with Gasteiger partial charge in [0.05, 0.1) is 16.2 Å². The van der Waals surface area contributed by atoms with Gasteiger partial charge < -0.3 is 10.2 Å². The van der Waals surface area contributed by atoms with Crippen molar-refractivity contribution in [1.29, 1.82) is 0 Å². The van der Waals surface area contributed by atoms with Crippen LogP contribution < -0.4 is 5.32 Å². The van der Waals surface area contributed by atoms with Gasteiger partial charge >= 0.3 is 0 Å². The van der Waals surface area contributed by atoms with Crippen LogP contribution in [-0.2, 0) is 4.79 Å². The van der Waals surface area contributed by atoms with Gasteiger partial charge in [0.2, 0.25) is 5.91 Å². The molecule has 1 saturated heterocycles. The van der Waals surface area contributed by atoms with Crippen molar-refractivity contribution < 1.29 is 9.18 Å². The number of anilines is 2. The molecular weight excluding hydrogens is 403 g/mol. The van der Waals surface area contributed by atoms with E-state index in [1.807, 2.05) is 11.0 Å². The van der Waals surface area contributed by atoms with Crippen LogP contribution in [0.15, 0.2) is 55.4 Å². The van der Waals surface area contributed by atoms with E-state index in [1.54, 1.807) is 12.1 Å². The normalized spacial score (nSPS) is 22.5. The van der Waals surface area contributed by atoms with Gasteiger partial charge in [0.15, 0.2) is 5.82 Å². The average Bonchev–Trinajstić information content (AvgIpc) is 2.70. The molecule has 0 bridgehead atoms. The zero-order valence-corrected chi connectivity index (χ0v) is 17.0. The minimum atomic E-state index is -0.514. The molecule has 1 N–H and O–H groups in total. The molecule has 1 aromatic heterocycles. The van der Waals surface area contributed by atoms with Crippen LogP contribution in [0, 0.1) is 5.82 Å². The van der Waals surface area contributed by atoms with Crippen molar-refractivity contribution in [2.24, 2.45) is 0 Å². The maximum atomic E-state index is 14.3. The molecule has 7 heteroatoms. The lowest BCUT2D eigenvalue weighted by Crippen LogP contribution is -2.67. The summed E-state index contributed by atoms with van der Waals surface area (Å²) in [4.78, 5) is 22.6. The summed E-state index contributed by atoms with van der Waals surface area (Å²) in [5.74, 6) is 0.400. The third-order valence-corrected chi connectivity index (χ3v) is 6.69. The number of rotatable bonds is 4. The van der Waals surface area contributed by atoms with Crippen molar-refractivity contribution in [2.45, 2.75) is 30.7 Å².